The van der Waals surface area contributed by atoms with Crippen LogP contribution in [0.25, 0.3) is 5.76 Å². The van der Waals surface area contributed by atoms with Crippen molar-refractivity contribution >= 4 is 17.4 Å². The van der Waals surface area contributed by atoms with Crippen LogP contribution in [0.2, 0.25) is 0 Å². The first-order valence-electron chi connectivity index (χ1n) is 11.5. The molecule has 1 aliphatic heterocycles. The fourth-order valence-corrected chi connectivity index (χ4v) is 4.37. The van der Waals surface area contributed by atoms with Crippen molar-refractivity contribution in [3.05, 3.63) is 100 Å². The van der Waals surface area contributed by atoms with E-state index in [1.165, 1.54) is 4.90 Å². The number of pyridine rings is 1. The molecule has 2 heterocycles. The maximum atomic E-state index is 13.4. The summed E-state index contributed by atoms with van der Waals surface area (Å²) in [4.78, 5) is 32.2. The molecule has 4 rings (SSSR count). The maximum absolute atomic E-state index is 13.4. The van der Waals surface area contributed by atoms with E-state index in [-0.39, 0.29) is 23.3 Å². The van der Waals surface area contributed by atoms with E-state index in [0.717, 1.165) is 16.7 Å². The number of aryl methyl sites for hydroxylation is 1. The average Bonchev–Trinajstić information content (AvgIpc) is 3.09. The highest BCUT2D eigenvalue weighted by molar-refractivity contribution is 6.46. The van der Waals surface area contributed by atoms with Gasteiger partial charge in [0.1, 0.15) is 11.5 Å². The van der Waals surface area contributed by atoms with E-state index in [9.17, 15) is 14.7 Å². The number of aromatic nitrogens is 1. The highest BCUT2D eigenvalue weighted by Crippen LogP contribution is 2.42. The first-order chi connectivity index (χ1) is 16.6. The van der Waals surface area contributed by atoms with E-state index in [4.69, 9.17) is 4.74 Å². The molecule has 6 nitrogen and oxygen atoms in total. The van der Waals surface area contributed by atoms with Crippen LogP contribution in [0.15, 0.2) is 72.6 Å². The van der Waals surface area contributed by atoms with Crippen LogP contribution in [0.3, 0.4) is 0 Å². The quantitative estimate of drug-likeness (QED) is 0.310. The molecule has 0 saturated carbocycles. The molecule has 1 aromatic heterocycles. The summed E-state index contributed by atoms with van der Waals surface area (Å²) < 4.78 is 5.40. The molecular weight excluding hydrogens is 440 g/mol. The van der Waals surface area contributed by atoms with Crippen molar-refractivity contribution in [1.29, 1.82) is 0 Å². The number of ether oxygens (including phenoxy) is 1. The Kier molecular flexibility index (Phi) is 6.48. The minimum atomic E-state index is -0.768. The molecule has 0 aliphatic carbocycles. The zero-order valence-electron chi connectivity index (χ0n) is 20.7. The van der Waals surface area contributed by atoms with E-state index >= 15 is 0 Å². The molecular formula is C29H30N2O4. The largest absolute Gasteiger partial charge is 0.507 e. The number of Topliss-reactive ketones (excluding diaryl/α,β-unsaturated/α-hetero) is 1. The lowest BCUT2D eigenvalue weighted by Crippen LogP contribution is -2.29. The van der Waals surface area contributed by atoms with Crippen molar-refractivity contribution in [2.24, 2.45) is 0 Å². The molecule has 35 heavy (non-hydrogen) atoms. The zero-order valence-corrected chi connectivity index (χ0v) is 20.7. The molecule has 1 atom stereocenters. The van der Waals surface area contributed by atoms with Gasteiger partial charge in [-0.25, -0.2) is 0 Å². The van der Waals surface area contributed by atoms with Crippen LogP contribution in [-0.2, 0) is 21.5 Å². The van der Waals surface area contributed by atoms with E-state index in [2.05, 4.69) is 25.8 Å². The molecule has 0 bridgehead atoms. The predicted octanol–water partition coefficient (Wildman–Crippen LogP) is 5.32. The van der Waals surface area contributed by atoms with Gasteiger partial charge in [0.2, 0.25) is 0 Å². The molecule has 2 aromatic carbocycles. The van der Waals surface area contributed by atoms with E-state index in [0.29, 0.717) is 16.9 Å². The Balaban J connectivity index is 1.92. The number of rotatable bonds is 5. The van der Waals surface area contributed by atoms with Crippen molar-refractivity contribution in [3.63, 3.8) is 0 Å². The number of amides is 1. The second-order valence-corrected chi connectivity index (χ2v) is 9.84. The highest BCUT2D eigenvalue weighted by Gasteiger charge is 2.46. The molecule has 180 valence electrons. The second kappa shape index (κ2) is 9.37. The van der Waals surface area contributed by atoms with E-state index in [1.54, 1.807) is 43.8 Å². The van der Waals surface area contributed by atoms with Crippen molar-refractivity contribution in [2.45, 2.75) is 45.7 Å². The van der Waals surface area contributed by atoms with Gasteiger partial charge in [-0.2, -0.15) is 0 Å². The lowest BCUT2D eigenvalue weighted by molar-refractivity contribution is -0.140. The van der Waals surface area contributed by atoms with Gasteiger partial charge in [-0.1, -0.05) is 45.0 Å². The molecule has 1 unspecified atom stereocenters. The molecule has 1 saturated heterocycles. The topological polar surface area (TPSA) is 79.7 Å². The number of aliphatic hydroxyl groups excluding tert-OH is 1. The number of hydrogen-bond donors (Lipinski definition) is 1. The predicted molar refractivity (Wildman–Crippen MR) is 135 cm³/mol. The average molecular weight is 471 g/mol. The maximum Gasteiger partial charge on any atom is 0.295 e. The molecule has 3 aromatic rings. The monoisotopic (exact) mass is 470 g/mol. The Morgan fingerprint density at radius 2 is 1.77 bits per heavy atom. The number of likely N-dealkylation sites (tertiary alicyclic amines) is 1. The number of hydrogen-bond acceptors (Lipinski definition) is 5. The number of ketones is 1. The normalized spacial score (nSPS) is 17.6. The first-order valence-corrected chi connectivity index (χ1v) is 11.5. The van der Waals surface area contributed by atoms with Gasteiger partial charge >= 0.3 is 0 Å². The smallest absolute Gasteiger partial charge is 0.295 e. The van der Waals surface area contributed by atoms with Gasteiger partial charge in [0, 0.05) is 24.5 Å². The van der Waals surface area contributed by atoms with Crippen LogP contribution in [0, 0.1) is 6.92 Å². The summed E-state index contributed by atoms with van der Waals surface area (Å²) in [7, 11) is 1.56. The third-order valence-electron chi connectivity index (χ3n) is 6.41. The second-order valence-electron chi connectivity index (χ2n) is 9.84. The lowest BCUT2D eigenvalue weighted by atomic mass is 9.84. The molecule has 1 N–H and O–H groups in total. The van der Waals surface area contributed by atoms with Gasteiger partial charge in [0.05, 0.1) is 18.7 Å². The zero-order chi connectivity index (χ0) is 25.3. The van der Waals surface area contributed by atoms with Crippen molar-refractivity contribution < 1.29 is 19.4 Å². The van der Waals surface area contributed by atoms with Gasteiger partial charge in [-0.3, -0.25) is 14.6 Å². The molecule has 6 heteroatoms. The van der Waals surface area contributed by atoms with Crippen LogP contribution < -0.4 is 4.74 Å². The van der Waals surface area contributed by atoms with Crippen LogP contribution in [0.5, 0.6) is 5.75 Å². The SMILES string of the molecule is COc1cccc(C2/C(=C(\O)c3cc(C(C)(C)C)ccc3C)C(=O)C(=O)N2Cc2ccncc2)c1. The van der Waals surface area contributed by atoms with Crippen LogP contribution in [0.1, 0.15) is 54.6 Å². The molecule has 0 radical (unpaired) electrons. The van der Waals surface area contributed by atoms with Crippen molar-refractivity contribution in [2.75, 3.05) is 7.11 Å². The number of nitrogens with zero attached hydrogens (tertiary/aromatic N) is 2. The van der Waals surface area contributed by atoms with Crippen LogP contribution in [-0.4, -0.2) is 33.8 Å². The summed E-state index contributed by atoms with van der Waals surface area (Å²) in [6.45, 7) is 8.35. The number of benzene rings is 2. The van der Waals surface area contributed by atoms with E-state index < -0.39 is 17.7 Å². The molecule has 1 aliphatic rings. The third-order valence-corrected chi connectivity index (χ3v) is 6.41. The van der Waals surface area contributed by atoms with Crippen molar-refractivity contribution in [1.82, 2.24) is 9.88 Å². The van der Waals surface area contributed by atoms with Gasteiger partial charge in [0.25, 0.3) is 11.7 Å². The Hall–Kier alpha value is -3.93. The fraction of sp³-hybridized carbons (Fsp3) is 0.276. The van der Waals surface area contributed by atoms with Crippen molar-refractivity contribution in [3.8, 4) is 5.75 Å². The minimum Gasteiger partial charge on any atom is -0.507 e. The lowest BCUT2D eigenvalue weighted by Gasteiger charge is -2.26. The number of methoxy groups -OCH3 is 1. The highest BCUT2D eigenvalue weighted by atomic mass is 16.5. The molecule has 1 amide bonds. The summed E-state index contributed by atoms with van der Waals surface area (Å²) in [5, 5.41) is 11.6. The van der Waals surface area contributed by atoms with Crippen LogP contribution in [0.4, 0.5) is 0 Å². The summed E-state index contributed by atoms with van der Waals surface area (Å²) in [6.07, 6.45) is 3.29. The van der Waals surface area contributed by atoms with Gasteiger partial charge in [-0.05, 0) is 64.9 Å². The number of carbonyl (C=O) groups excluding carboxylic acids is 2. The standard InChI is InChI=1S/C29H30N2O4/c1-18-9-10-21(29(2,3)4)16-23(18)26(32)24-25(20-7-6-8-22(15-20)35-5)31(28(34)27(24)33)17-19-11-13-30-14-12-19/h6-16,25,32H,17H2,1-5H3/b26-24+. The summed E-state index contributed by atoms with van der Waals surface area (Å²) >= 11 is 0. The Bertz CT molecular complexity index is 1310. The fourth-order valence-electron chi connectivity index (χ4n) is 4.37. The molecule has 1 fully saturated rings. The van der Waals surface area contributed by atoms with Gasteiger partial charge in [0.15, 0.2) is 0 Å². The Morgan fingerprint density at radius 3 is 2.43 bits per heavy atom. The Morgan fingerprint density at radius 1 is 1.06 bits per heavy atom. The third kappa shape index (κ3) is 4.69. The van der Waals surface area contributed by atoms with Gasteiger partial charge < -0.3 is 14.7 Å². The first kappa shape index (κ1) is 24.2. The molecule has 0 spiro atoms. The Labute approximate surface area is 205 Å². The van der Waals surface area contributed by atoms with Gasteiger partial charge in [-0.15, -0.1) is 0 Å². The van der Waals surface area contributed by atoms with Crippen LogP contribution >= 0.6 is 0 Å². The summed E-state index contributed by atoms with van der Waals surface area (Å²) in [6, 6.07) is 15.9. The number of carbonyl (C=O) groups is 2. The minimum absolute atomic E-state index is 0.0754. The summed E-state index contributed by atoms with van der Waals surface area (Å²) in [5.41, 5.74) is 3.83. The summed E-state index contributed by atoms with van der Waals surface area (Å²) in [5.74, 6) is -0.925. The van der Waals surface area contributed by atoms with E-state index in [1.807, 2.05) is 37.3 Å². The number of aliphatic hydroxyl groups is 1.